The zero-order valence-electron chi connectivity index (χ0n) is 11.3. The van der Waals surface area contributed by atoms with E-state index in [1.165, 1.54) is 5.69 Å². The zero-order valence-corrected chi connectivity index (χ0v) is 11.3. The van der Waals surface area contributed by atoms with E-state index in [1.54, 1.807) is 0 Å². The topological polar surface area (TPSA) is 38.0 Å². The molecule has 0 unspecified atom stereocenters. The van der Waals surface area contributed by atoms with Crippen molar-refractivity contribution in [2.24, 2.45) is 0 Å². The third-order valence-electron chi connectivity index (χ3n) is 3.19. The molecule has 0 saturated heterocycles. The molecule has 0 atom stereocenters. The van der Waals surface area contributed by atoms with Gasteiger partial charge in [0, 0.05) is 11.3 Å². The van der Waals surface area contributed by atoms with E-state index < -0.39 is 0 Å². The maximum absolute atomic E-state index is 9.49. The first-order valence-electron chi connectivity index (χ1n) is 6.48. The van der Waals surface area contributed by atoms with Gasteiger partial charge < -0.3 is 5.11 Å². The SMILES string of the molecule is CCc1cc(CC)n(-c2ccc(C)cc2CO)n1. The van der Waals surface area contributed by atoms with Crippen LogP contribution in [0.4, 0.5) is 0 Å². The first-order valence-corrected chi connectivity index (χ1v) is 6.48. The summed E-state index contributed by atoms with van der Waals surface area (Å²) in [5, 5.41) is 14.1. The summed E-state index contributed by atoms with van der Waals surface area (Å²) in [6.07, 6.45) is 1.87. The minimum absolute atomic E-state index is 0.0431. The number of aryl methyl sites for hydroxylation is 3. The van der Waals surface area contributed by atoms with Gasteiger partial charge in [-0.1, -0.05) is 31.5 Å². The molecule has 1 aromatic heterocycles. The van der Waals surface area contributed by atoms with Gasteiger partial charge in [-0.15, -0.1) is 0 Å². The summed E-state index contributed by atoms with van der Waals surface area (Å²) in [6, 6.07) is 8.25. The fourth-order valence-electron chi connectivity index (χ4n) is 2.16. The number of aliphatic hydroxyl groups is 1. The van der Waals surface area contributed by atoms with Crippen molar-refractivity contribution in [3.8, 4) is 5.69 Å². The van der Waals surface area contributed by atoms with Gasteiger partial charge >= 0.3 is 0 Å². The highest BCUT2D eigenvalue weighted by Crippen LogP contribution is 2.19. The van der Waals surface area contributed by atoms with Crippen LogP contribution in [0.15, 0.2) is 24.3 Å². The Morgan fingerprint density at radius 2 is 1.94 bits per heavy atom. The number of nitrogens with zero attached hydrogens (tertiary/aromatic N) is 2. The summed E-state index contributed by atoms with van der Waals surface area (Å²) >= 11 is 0. The molecule has 1 aromatic carbocycles. The van der Waals surface area contributed by atoms with E-state index in [4.69, 9.17) is 0 Å². The van der Waals surface area contributed by atoms with Gasteiger partial charge in [-0.2, -0.15) is 5.10 Å². The van der Waals surface area contributed by atoms with Crippen molar-refractivity contribution in [3.05, 3.63) is 46.8 Å². The van der Waals surface area contributed by atoms with Crippen molar-refractivity contribution in [1.82, 2.24) is 9.78 Å². The number of rotatable bonds is 4. The second kappa shape index (κ2) is 5.36. The molecule has 0 fully saturated rings. The lowest BCUT2D eigenvalue weighted by molar-refractivity contribution is 0.281. The molecule has 1 N–H and O–H groups in total. The summed E-state index contributed by atoms with van der Waals surface area (Å²) < 4.78 is 1.96. The molecule has 2 aromatic rings. The third kappa shape index (κ3) is 2.31. The van der Waals surface area contributed by atoms with Crippen LogP contribution in [0.5, 0.6) is 0 Å². The summed E-state index contributed by atoms with van der Waals surface area (Å²) in [7, 11) is 0. The average molecular weight is 244 g/mol. The average Bonchev–Trinajstić information content (AvgIpc) is 2.81. The Balaban J connectivity index is 2.56. The van der Waals surface area contributed by atoms with E-state index in [2.05, 4.69) is 31.1 Å². The van der Waals surface area contributed by atoms with Gasteiger partial charge in [0.05, 0.1) is 18.0 Å². The van der Waals surface area contributed by atoms with Crippen LogP contribution in [0.25, 0.3) is 5.69 Å². The molecule has 3 heteroatoms. The minimum atomic E-state index is 0.0431. The highest BCUT2D eigenvalue weighted by atomic mass is 16.3. The lowest BCUT2D eigenvalue weighted by Gasteiger charge is -2.11. The van der Waals surface area contributed by atoms with Crippen LogP contribution in [0.3, 0.4) is 0 Å². The van der Waals surface area contributed by atoms with Crippen LogP contribution in [0.2, 0.25) is 0 Å². The van der Waals surface area contributed by atoms with Crippen LogP contribution >= 0.6 is 0 Å². The van der Waals surface area contributed by atoms with Crippen LogP contribution in [-0.4, -0.2) is 14.9 Å². The minimum Gasteiger partial charge on any atom is -0.392 e. The zero-order chi connectivity index (χ0) is 13.1. The Morgan fingerprint density at radius 3 is 2.56 bits per heavy atom. The quantitative estimate of drug-likeness (QED) is 0.898. The van der Waals surface area contributed by atoms with Gasteiger partial charge in [0.1, 0.15) is 0 Å². The predicted octanol–water partition coefficient (Wildman–Crippen LogP) is 2.80. The second-order valence-corrected chi connectivity index (χ2v) is 4.54. The summed E-state index contributed by atoms with van der Waals surface area (Å²) in [6.45, 7) is 6.31. The van der Waals surface area contributed by atoms with Crippen LogP contribution in [-0.2, 0) is 19.4 Å². The summed E-state index contributed by atoms with van der Waals surface area (Å²) in [4.78, 5) is 0. The van der Waals surface area contributed by atoms with Gasteiger partial charge in [0.15, 0.2) is 0 Å². The van der Waals surface area contributed by atoms with Crippen LogP contribution in [0, 0.1) is 6.92 Å². The van der Waals surface area contributed by atoms with Crippen molar-refractivity contribution in [2.45, 2.75) is 40.2 Å². The molecule has 0 aliphatic rings. The molecule has 0 bridgehead atoms. The van der Waals surface area contributed by atoms with Crippen molar-refractivity contribution < 1.29 is 5.11 Å². The highest BCUT2D eigenvalue weighted by molar-refractivity contribution is 5.44. The molecule has 3 nitrogen and oxygen atoms in total. The Kier molecular flexibility index (Phi) is 3.82. The van der Waals surface area contributed by atoms with Gasteiger partial charge in [-0.05, 0) is 31.9 Å². The molecule has 18 heavy (non-hydrogen) atoms. The number of aromatic nitrogens is 2. The molecule has 0 amide bonds. The van der Waals surface area contributed by atoms with Gasteiger partial charge in [-0.3, -0.25) is 0 Å². The Hall–Kier alpha value is -1.61. The van der Waals surface area contributed by atoms with Crippen LogP contribution < -0.4 is 0 Å². The molecule has 0 radical (unpaired) electrons. The van der Waals surface area contributed by atoms with E-state index in [0.717, 1.165) is 35.3 Å². The molecule has 96 valence electrons. The Labute approximate surface area is 108 Å². The highest BCUT2D eigenvalue weighted by Gasteiger charge is 2.10. The molecule has 0 aliphatic carbocycles. The maximum atomic E-state index is 9.49. The van der Waals surface area contributed by atoms with Crippen molar-refractivity contribution >= 4 is 0 Å². The predicted molar refractivity (Wildman–Crippen MR) is 73.0 cm³/mol. The monoisotopic (exact) mass is 244 g/mol. The molecule has 0 saturated carbocycles. The number of benzene rings is 1. The standard InChI is InChI=1S/C15H20N2O/c1-4-13-9-14(5-2)17(16-13)15-7-6-11(3)8-12(15)10-18/h6-9,18H,4-5,10H2,1-3H3. The van der Waals surface area contributed by atoms with E-state index in [0.29, 0.717) is 0 Å². The molecule has 1 heterocycles. The molecular formula is C15H20N2O. The van der Waals surface area contributed by atoms with Gasteiger partial charge in [0.25, 0.3) is 0 Å². The number of hydrogen-bond donors (Lipinski definition) is 1. The summed E-state index contributed by atoms with van der Waals surface area (Å²) in [5.41, 5.74) is 5.35. The Bertz CT molecular complexity index is 543. The Morgan fingerprint density at radius 1 is 1.17 bits per heavy atom. The molecule has 0 aliphatic heterocycles. The molecule has 2 rings (SSSR count). The van der Waals surface area contributed by atoms with E-state index in [9.17, 15) is 5.11 Å². The lowest BCUT2D eigenvalue weighted by atomic mass is 10.1. The fourth-order valence-corrected chi connectivity index (χ4v) is 2.16. The first kappa shape index (κ1) is 12.8. The lowest BCUT2D eigenvalue weighted by Crippen LogP contribution is -2.05. The summed E-state index contributed by atoms with van der Waals surface area (Å²) in [5.74, 6) is 0. The third-order valence-corrected chi connectivity index (χ3v) is 3.19. The number of hydrogen-bond acceptors (Lipinski definition) is 2. The maximum Gasteiger partial charge on any atom is 0.0704 e. The van der Waals surface area contributed by atoms with Crippen molar-refractivity contribution in [2.75, 3.05) is 0 Å². The van der Waals surface area contributed by atoms with E-state index >= 15 is 0 Å². The number of aliphatic hydroxyl groups excluding tert-OH is 1. The molecule has 0 spiro atoms. The largest absolute Gasteiger partial charge is 0.392 e. The second-order valence-electron chi connectivity index (χ2n) is 4.54. The fraction of sp³-hybridized carbons (Fsp3) is 0.400. The van der Waals surface area contributed by atoms with Crippen molar-refractivity contribution in [1.29, 1.82) is 0 Å². The van der Waals surface area contributed by atoms with E-state index in [-0.39, 0.29) is 6.61 Å². The van der Waals surface area contributed by atoms with Gasteiger partial charge in [-0.25, -0.2) is 4.68 Å². The van der Waals surface area contributed by atoms with Gasteiger partial charge in [0.2, 0.25) is 0 Å². The normalized spacial score (nSPS) is 10.9. The van der Waals surface area contributed by atoms with Crippen LogP contribution in [0.1, 0.15) is 36.4 Å². The molecular weight excluding hydrogens is 224 g/mol. The first-order chi connectivity index (χ1) is 8.69. The smallest absolute Gasteiger partial charge is 0.0704 e. The van der Waals surface area contributed by atoms with E-state index in [1.807, 2.05) is 23.7 Å². The van der Waals surface area contributed by atoms with Crippen molar-refractivity contribution in [3.63, 3.8) is 0 Å².